The van der Waals surface area contributed by atoms with Gasteiger partial charge in [-0.15, -0.1) is 0 Å². The summed E-state index contributed by atoms with van der Waals surface area (Å²) in [4.78, 5) is 33.2. The summed E-state index contributed by atoms with van der Waals surface area (Å²) in [5, 5.41) is 18.4. The second-order valence-corrected chi connectivity index (χ2v) is 6.42. The first-order valence-electron chi connectivity index (χ1n) is 9.33. The average molecular weight is 408 g/mol. The Labute approximate surface area is 169 Å². The normalized spacial score (nSPS) is 14.6. The first kappa shape index (κ1) is 24.0. The monoisotopic (exact) mass is 408 g/mol. The molecule has 1 heterocycles. The average Bonchev–Trinajstić information content (AvgIpc) is 2.68. The van der Waals surface area contributed by atoms with Gasteiger partial charge in [-0.1, -0.05) is 6.92 Å². The zero-order valence-electron chi connectivity index (χ0n) is 16.7. The molecular weight excluding hydrogens is 380 g/mol. The Bertz CT molecular complexity index is 665. The summed E-state index contributed by atoms with van der Waals surface area (Å²) in [6.45, 7) is 4.71. The molecule has 0 saturated carbocycles. The van der Waals surface area contributed by atoms with Crippen molar-refractivity contribution in [2.45, 2.75) is 32.3 Å². The lowest BCUT2D eigenvalue weighted by Gasteiger charge is -2.28. The van der Waals surface area contributed by atoms with Crippen LogP contribution in [-0.4, -0.2) is 66.0 Å². The minimum Gasteiger partial charge on any atom is -0.494 e. The molecule has 1 amide bonds. The van der Waals surface area contributed by atoms with Crippen LogP contribution in [0.15, 0.2) is 36.4 Å². The van der Waals surface area contributed by atoms with Crippen LogP contribution in [0, 0.1) is 0 Å². The van der Waals surface area contributed by atoms with Gasteiger partial charge in [-0.25, -0.2) is 14.4 Å². The molecule has 0 aromatic heterocycles. The van der Waals surface area contributed by atoms with E-state index in [0.717, 1.165) is 43.8 Å². The van der Waals surface area contributed by atoms with Crippen LogP contribution in [0.25, 0.3) is 0 Å². The molecule has 1 saturated heterocycles. The summed E-state index contributed by atoms with van der Waals surface area (Å²) in [5.74, 6) is -1.70. The topological polar surface area (TPSA) is 125 Å². The van der Waals surface area contributed by atoms with E-state index in [9.17, 15) is 14.4 Å². The van der Waals surface area contributed by atoms with Gasteiger partial charge in [0.15, 0.2) is 0 Å². The van der Waals surface area contributed by atoms with Crippen LogP contribution in [0.1, 0.15) is 26.2 Å². The number of likely N-dealkylation sites (tertiary alicyclic amines) is 1. The van der Waals surface area contributed by atoms with E-state index >= 15 is 0 Å². The summed E-state index contributed by atoms with van der Waals surface area (Å²) >= 11 is 0. The summed E-state index contributed by atoms with van der Waals surface area (Å²) in [6, 6.07) is 7.34. The fraction of sp³-hybridized carbons (Fsp3) is 0.450. The molecule has 0 aliphatic carbocycles. The fourth-order valence-electron chi connectivity index (χ4n) is 2.40. The van der Waals surface area contributed by atoms with E-state index in [2.05, 4.69) is 24.2 Å². The van der Waals surface area contributed by atoms with E-state index in [1.807, 2.05) is 24.3 Å². The molecular formula is C20H28N2O7. The van der Waals surface area contributed by atoms with Gasteiger partial charge in [0.25, 0.3) is 0 Å². The lowest BCUT2D eigenvalue weighted by atomic mass is 10.1. The lowest BCUT2D eigenvalue weighted by Crippen LogP contribution is -2.36. The molecule has 0 spiro atoms. The molecule has 9 nitrogen and oxygen atoms in total. The number of rotatable bonds is 7. The molecule has 0 bridgehead atoms. The van der Waals surface area contributed by atoms with Gasteiger partial charge in [0.05, 0.1) is 6.61 Å². The maximum Gasteiger partial charge on any atom is 0.411 e. The van der Waals surface area contributed by atoms with E-state index < -0.39 is 11.9 Å². The number of amides is 1. The maximum absolute atomic E-state index is 11.8. The predicted octanol–water partition coefficient (Wildman–Crippen LogP) is 2.83. The molecule has 1 aromatic rings. The summed E-state index contributed by atoms with van der Waals surface area (Å²) in [7, 11) is 2.08. The highest BCUT2D eigenvalue weighted by Gasteiger charge is 2.20. The highest BCUT2D eigenvalue weighted by atomic mass is 16.6. The van der Waals surface area contributed by atoms with Gasteiger partial charge in [-0.3, -0.25) is 5.32 Å². The molecule has 2 rings (SSSR count). The number of nitrogens with one attached hydrogen (secondary N) is 1. The Balaban J connectivity index is 0.000000447. The van der Waals surface area contributed by atoms with Crippen molar-refractivity contribution in [1.29, 1.82) is 0 Å². The number of carboxylic acids is 2. The van der Waals surface area contributed by atoms with Crippen LogP contribution >= 0.6 is 0 Å². The summed E-state index contributed by atoms with van der Waals surface area (Å²) < 4.78 is 10.9. The second kappa shape index (κ2) is 13.2. The first-order chi connectivity index (χ1) is 13.8. The van der Waals surface area contributed by atoms with Gasteiger partial charge in [0, 0.05) is 30.9 Å². The third-order valence-electron chi connectivity index (χ3n) is 3.88. The van der Waals surface area contributed by atoms with Crippen molar-refractivity contribution in [1.82, 2.24) is 4.90 Å². The van der Waals surface area contributed by atoms with Gasteiger partial charge in [-0.05, 0) is 50.6 Å². The summed E-state index contributed by atoms with van der Waals surface area (Å²) in [6.07, 6.45) is 3.52. The third-order valence-corrected chi connectivity index (χ3v) is 3.88. The largest absolute Gasteiger partial charge is 0.494 e. The summed E-state index contributed by atoms with van der Waals surface area (Å²) in [5.41, 5.74) is 0.719. The van der Waals surface area contributed by atoms with Gasteiger partial charge in [0.1, 0.15) is 11.9 Å². The van der Waals surface area contributed by atoms with E-state index in [4.69, 9.17) is 19.7 Å². The van der Waals surface area contributed by atoms with Gasteiger partial charge in [0.2, 0.25) is 0 Å². The highest BCUT2D eigenvalue weighted by Crippen LogP contribution is 2.17. The van der Waals surface area contributed by atoms with Crippen molar-refractivity contribution in [2.24, 2.45) is 0 Å². The number of hydrogen-bond acceptors (Lipinski definition) is 6. The molecule has 1 fully saturated rings. The first-order valence-corrected chi connectivity index (χ1v) is 9.33. The number of ether oxygens (including phenoxy) is 2. The Kier molecular flexibility index (Phi) is 10.9. The van der Waals surface area contributed by atoms with Crippen LogP contribution in [0.4, 0.5) is 10.5 Å². The number of nitrogens with zero attached hydrogens (tertiary/aromatic N) is 1. The Morgan fingerprint density at radius 3 is 2.14 bits per heavy atom. The van der Waals surface area contributed by atoms with Crippen molar-refractivity contribution in [2.75, 3.05) is 32.1 Å². The number of hydrogen-bond donors (Lipinski definition) is 3. The lowest BCUT2D eigenvalue weighted by molar-refractivity contribution is -0.134. The molecule has 160 valence electrons. The number of carbonyl (C=O) groups excluding carboxylic acids is 1. The molecule has 0 atom stereocenters. The molecule has 1 aliphatic rings. The highest BCUT2D eigenvalue weighted by molar-refractivity contribution is 5.89. The zero-order valence-corrected chi connectivity index (χ0v) is 16.7. The fourth-order valence-corrected chi connectivity index (χ4v) is 2.40. The van der Waals surface area contributed by atoms with Crippen molar-refractivity contribution >= 4 is 23.7 Å². The van der Waals surface area contributed by atoms with Crippen molar-refractivity contribution < 1.29 is 34.1 Å². The Hall–Kier alpha value is -3.07. The van der Waals surface area contributed by atoms with E-state index in [1.54, 1.807) is 0 Å². The molecule has 0 unspecified atom stereocenters. The smallest absolute Gasteiger partial charge is 0.411 e. The molecule has 1 aliphatic heterocycles. The van der Waals surface area contributed by atoms with Crippen LogP contribution in [0.3, 0.4) is 0 Å². The van der Waals surface area contributed by atoms with Gasteiger partial charge < -0.3 is 24.6 Å². The third kappa shape index (κ3) is 11.4. The predicted molar refractivity (Wildman–Crippen MR) is 107 cm³/mol. The minimum absolute atomic E-state index is 0.0216. The van der Waals surface area contributed by atoms with Crippen LogP contribution < -0.4 is 10.1 Å². The molecule has 29 heavy (non-hydrogen) atoms. The minimum atomic E-state index is -1.26. The number of carbonyl (C=O) groups is 3. The number of anilines is 1. The van der Waals surface area contributed by atoms with Gasteiger partial charge >= 0.3 is 18.0 Å². The van der Waals surface area contributed by atoms with Gasteiger partial charge in [-0.2, -0.15) is 0 Å². The molecule has 3 N–H and O–H groups in total. The molecule has 1 aromatic carbocycles. The van der Waals surface area contributed by atoms with E-state index in [-0.39, 0.29) is 12.2 Å². The zero-order chi connectivity index (χ0) is 21.6. The van der Waals surface area contributed by atoms with E-state index in [0.29, 0.717) is 18.8 Å². The van der Waals surface area contributed by atoms with Crippen molar-refractivity contribution in [3.05, 3.63) is 36.4 Å². The second-order valence-electron chi connectivity index (χ2n) is 6.42. The van der Waals surface area contributed by atoms with Crippen molar-refractivity contribution in [3.63, 3.8) is 0 Å². The number of benzene rings is 1. The molecule has 0 radical (unpaired) electrons. The quantitative estimate of drug-likeness (QED) is 0.588. The van der Waals surface area contributed by atoms with Crippen LogP contribution in [-0.2, 0) is 14.3 Å². The maximum atomic E-state index is 11.8. The van der Waals surface area contributed by atoms with E-state index in [1.165, 1.54) is 0 Å². The van der Waals surface area contributed by atoms with Crippen LogP contribution in [0.5, 0.6) is 5.75 Å². The number of piperidine rings is 1. The van der Waals surface area contributed by atoms with Crippen LogP contribution in [0.2, 0.25) is 0 Å². The standard InChI is InChI=1S/C16H24N2O3.C4H4O4/c1-3-12-20-14-6-4-13(5-7-14)17-16(19)21-15-8-10-18(2)11-9-15;5-3(6)1-2-4(7)8/h4-7,15H,3,8-12H2,1-2H3,(H,17,19);1-2H,(H,5,6)(H,7,8)/b;2-1+. The van der Waals surface area contributed by atoms with Crippen molar-refractivity contribution in [3.8, 4) is 5.75 Å². The number of carboxylic acid groups (broad SMARTS) is 2. The Morgan fingerprint density at radius 1 is 1.10 bits per heavy atom. The molecule has 9 heteroatoms. The SMILES string of the molecule is CCCOc1ccc(NC(=O)OC2CCN(C)CC2)cc1.O=C(O)/C=C/C(=O)O. The Morgan fingerprint density at radius 2 is 1.66 bits per heavy atom. The number of aliphatic carboxylic acids is 2.